The Morgan fingerprint density at radius 2 is 2.21 bits per heavy atom. The van der Waals surface area contributed by atoms with E-state index in [1.165, 1.54) is 11.4 Å². The van der Waals surface area contributed by atoms with Crippen LogP contribution < -0.4 is 4.72 Å². The van der Waals surface area contributed by atoms with Gasteiger partial charge >= 0.3 is 0 Å². The normalized spacial score (nSPS) is 26.6. The summed E-state index contributed by atoms with van der Waals surface area (Å²) in [7, 11) is -6.93. The predicted molar refractivity (Wildman–Crippen MR) is 72.2 cm³/mol. The Kier molecular flexibility index (Phi) is 3.78. The number of sulfonamides is 1. The molecule has 1 atom stereocenters. The van der Waals surface area contributed by atoms with Gasteiger partial charge in [-0.3, -0.25) is 0 Å². The minimum absolute atomic E-state index is 0.00243. The Bertz CT molecular complexity index is 676. The molecule has 0 bridgehead atoms. The first-order valence-corrected chi connectivity index (χ1v) is 9.77. The summed E-state index contributed by atoms with van der Waals surface area (Å²) in [5.74, 6) is -0.187. The third-order valence-electron chi connectivity index (χ3n) is 2.98. The van der Waals surface area contributed by atoms with Gasteiger partial charge in [-0.05, 0) is 19.4 Å². The molecule has 19 heavy (non-hydrogen) atoms. The lowest BCUT2D eigenvalue weighted by molar-refractivity contribution is 0.285. The summed E-state index contributed by atoms with van der Waals surface area (Å²) >= 11 is 1.15. The number of rotatable bonds is 4. The number of aliphatic hydroxyl groups is 1. The van der Waals surface area contributed by atoms with Gasteiger partial charge in [0.15, 0.2) is 9.84 Å². The van der Waals surface area contributed by atoms with Crippen LogP contribution in [-0.4, -0.2) is 39.0 Å². The first kappa shape index (κ1) is 14.9. The number of hydrogen-bond donors (Lipinski definition) is 2. The summed E-state index contributed by atoms with van der Waals surface area (Å²) in [6, 6.07) is 1.39. The monoisotopic (exact) mass is 325 g/mol. The molecule has 2 rings (SSSR count). The van der Waals surface area contributed by atoms with Gasteiger partial charge in [-0.15, -0.1) is 11.3 Å². The van der Waals surface area contributed by atoms with Crippen molar-refractivity contribution in [2.75, 3.05) is 11.5 Å². The van der Waals surface area contributed by atoms with Crippen molar-refractivity contribution in [1.82, 2.24) is 4.72 Å². The molecule has 1 aromatic rings. The molecule has 0 aromatic carbocycles. The molecule has 0 saturated carbocycles. The molecule has 6 nitrogen and oxygen atoms in total. The molecule has 0 spiro atoms. The van der Waals surface area contributed by atoms with E-state index < -0.39 is 25.4 Å². The van der Waals surface area contributed by atoms with Crippen molar-refractivity contribution in [2.45, 2.75) is 30.4 Å². The zero-order valence-corrected chi connectivity index (χ0v) is 12.7. The number of sulfone groups is 1. The minimum atomic E-state index is -3.76. The van der Waals surface area contributed by atoms with Crippen LogP contribution in [0.15, 0.2) is 16.3 Å². The highest BCUT2D eigenvalue weighted by Gasteiger charge is 2.41. The lowest BCUT2D eigenvalue weighted by Gasteiger charge is -2.23. The molecule has 0 radical (unpaired) electrons. The minimum Gasteiger partial charge on any atom is -0.391 e. The Labute approximate surface area is 116 Å². The summed E-state index contributed by atoms with van der Waals surface area (Å²) in [5.41, 5.74) is -0.959. The van der Waals surface area contributed by atoms with Crippen molar-refractivity contribution >= 4 is 31.2 Å². The Hall–Kier alpha value is -0.480. The SMILES string of the molecule is CC1(NS(=O)(=O)c2csc(CO)c2)CCS(=O)(=O)C1. The van der Waals surface area contributed by atoms with Crippen molar-refractivity contribution in [1.29, 1.82) is 0 Å². The molecule has 9 heteroatoms. The highest BCUT2D eigenvalue weighted by atomic mass is 32.2. The standard InChI is InChI=1S/C10H15NO5S3/c1-10(2-3-18(13,14)7-10)11-19(15,16)9-4-8(5-12)17-6-9/h4,6,11-12H,2-3,5,7H2,1H3. The van der Waals surface area contributed by atoms with Crippen molar-refractivity contribution in [2.24, 2.45) is 0 Å². The third-order valence-corrected chi connectivity index (χ3v) is 7.57. The van der Waals surface area contributed by atoms with E-state index in [2.05, 4.69) is 4.72 Å². The molecular formula is C10H15NO5S3. The molecule has 1 fully saturated rings. The maximum Gasteiger partial charge on any atom is 0.241 e. The van der Waals surface area contributed by atoms with Gasteiger partial charge < -0.3 is 5.11 Å². The van der Waals surface area contributed by atoms with Gasteiger partial charge in [-0.2, -0.15) is 0 Å². The number of thiophene rings is 1. The van der Waals surface area contributed by atoms with Crippen LogP contribution in [0.25, 0.3) is 0 Å². The lowest BCUT2D eigenvalue weighted by atomic mass is 10.0. The smallest absolute Gasteiger partial charge is 0.241 e. The van der Waals surface area contributed by atoms with Crippen LogP contribution >= 0.6 is 11.3 Å². The highest BCUT2D eigenvalue weighted by Crippen LogP contribution is 2.26. The Morgan fingerprint density at radius 3 is 2.68 bits per heavy atom. The van der Waals surface area contributed by atoms with Gasteiger partial charge in [0.1, 0.15) is 0 Å². The van der Waals surface area contributed by atoms with E-state index in [0.29, 0.717) is 4.88 Å². The predicted octanol–water partition coefficient (Wildman–Crippen LogP) is 0.0959. The summed E-state index contributed by atoms with van der Waals surface area (Å²) in [4.78, 5) is 0.608. The molecule has 1 aliphatic rings. The van der Waals surface area contributed by atoms with E-state index in [1.807, 2.05) is 0 Å². The van der Waals surface area contributed by atoms with Crippen molar-refractivity contribution in [3.8, 4) is 0 Å². The topological polar surface area (TPSA) is 101 Å². The summed E-state index contributed by atoms with van der Waals surface area (Å²) in [5, 5.41) is 10.4. The number of aliphatic hydroxyl groups excluding tert-OH is 1. The first-order chi connectivity index (χ1) is 8.66. The Balaban J connectivity index is 2.23. The van der Waals surface area contributed by atoms with Crippen LogP contribution in [0.4, 0.5) is 0 Å². The summed E-state index contributed by atoms with van der Waals surface area (Å²) in [6.07, 6.45) is 0.269. The van der Waals surface area contributed by atoms with E-state index in [1.54, 1.807) is 6.92 Å². The van der Waals surface area contributed by atoms with Crippen LogP contribution in [0.2, 0.25) is 0 Å². The fourth-order valence-electron chi connectivity index (χ4n) is 2.06. The van der Waals surface area contributed by atoms with E-state index in [0.717, 1.165) is 11.3 Å². The highest BCUT2D eigenvalue weighted by molar-refractivity contribution is 7.92. The Morgan fingerprint density at radius 1 is 1.53 bits per heavy atom. The second kappa shape index (κ2) is 4.81. The largest absolute Gasteiger partial charge is 0.391 e. The number of nitrogens with one attached hydrogen (secondary N) is 1. The van der Waals surface area contributed by atoms with Gasteiger partial charge in [-0.25, -0.2) is 21.6 Å². The van der Waals surface area contributed by atoms with E-state index >= 15 is 0 Å². The van der Waals surface area contributed by atoms with Crippen LogP contribution in [-0.2, 0) is 26.5 Å². The van der Waals surface area contributed by atoms with Crippen molar-refractivity contribution in [3.63, 3.8) is 0 Å². The molecular weight excluding hydrogens is 310 g/mol. The molecule has 108 valence electrons. The van der Waals surface area contributed by atoms with Crippen molar-refractivity contribution < 1.29 is 21.9 Å². The van der Waals surface area contributed by atoms with Gasteiger partial charge in [0.25, 0.3) is 0 Å². The third kappa shape index (κ3) is 3.34. The van der Waals surface area contributed by atoms with Gasteiger partial charge in [-0.1, -0.05) is 0 Å². The maximum atomic E-state index is 12.2. The summed E-state index contributed by atoms with van der Waals surface area (Å²) in [6.45, 7) is 1.38. The first-order valence-electron chi connectivity index (χ1n) is 5.59. The van der Waals surface area contributed by atoms with E-state index in [4.69, 9.17) is 5.11 Å². The second-order valence-corrected chi connectivity index (χ2v) is 9.78. The molecule has 2 N–H and O–H groups in total. The second-order valence-electron chi connectivity index (χ2n) is 4.92. The van der Waals surface area contributed by atoms with Crippen LogP contribution in [0, 0.1) is 0 Å². The maximum absolute atomic E-state index is 12.2. The fraction of sp³-hybridized carbons (Fsp3) is 0.600. The zero-order chi connectivity index (χ0) is 14.3. The van der Waals surface area contributed by atoms with Gasteiger partial charge in [0, 0.05) is 15.8 Å². The van der Waals surface area contributed by atoms with E-state index in [9.17, 15) is 16.8 Å². The van der Waals surface area contributed by atoms with Crippen LogP contribution in [0.1, 0.15) is 18.2 Å². The zero-order valence-electron chi connectivity index (χ0n) is 10.3. The van der Waals surface area contributed by atoms with Crippen molar-refractivity contribution in [3.05, 3.63) is 16.3 Å². The van der Waals surface area contributed by atoms with Crippen LogP contribution in [0.5, 0.6) is 0 Å². The lowest BCUT2D eigenvalue weighted by Crippen LogP contribution is -2.46. The van der Waals surface area contributed by atoms with E-state index in [-0.39, 0.29) is 29.4 Å². The average Bonchev–Trinajstić information content (AvgIpc) is 2.83. The van der Waals surface area contributed by atoms with Gasteiger partial charge in [0.05, 0.1) is 23.0 Å². The fourth-order valence-corrected chi connectivity index (χ4v) is 6.81. The average molecular weight is 325 g/mol. The van der Waals surface area contributed by atoms with Gasteiger partial charge in [0.2, 0.25) is 10.0 Å². The molecule has 1 aliphatic heterocycles. The number of hydrogen-bond acceptors (Lipinski definition) is 6. The summed E-state index contributed by atoms with van der Waals surface area (Å²) < 4.78 is 49.7. The van der Waals surface area contributed by atoms with Crippen LogP contribution in [0.3, 0.4) is 0 Å². The molecule has 2 heterocycles. The molecule has 1 aromatic heterocycles. The molecule has 1 unspecified atom stereocenters. The quantitative estimate of drug-likeness (QED) is 0.817. The molecule has 0 amide bonds. The molecule has 0 aliphatic carbocycles. The molecule has 1 saturated heterocycles.